The fourth-order valence-electron chi connectivity index (χ4n) is 3.14. The third-order valence-corrected chi connectivity index (χ3v) is 5.06. The second-order valence-corrected chi connectivity index (χ2v) is 7.86. The first-order chi connectivity index (χ1) is 13.3. The van der Waals surface area contributed by atoms with E-state index in [1.54, 1.807) is 7.11 Å². The van der Waals surface area contributed by atoms with Gasteiger partial charge in [-0.15, -0.1) is 0 Å². The Morgan fingerprint density at radius 1 is 1.21 bits per heavy atom. The summed E-state index contributed by atoms with van der Waals surface area (Å²) >= 11 is 5.60. The smallest absolute Gasteiger partial charge is 0.253 e. The van der Waals surface area contributed by atoms with Gasteiger partial charge in [-0.2, -0.15) is 0 Å². The van der Waals surface area contributed by atoms with Crippen LogP contribution in [-0.2, 0) is 11.3 Å². The summed E-state index contributed by atoms with van der Waals surface area (Å²) < 4.78 is 5.09. The Bertz CT molecular complexity index is 863. The van der Waals surface area contributed by atoms with E-state index in [1.165, 1.54) is 0 Å². The number of H-pyrrole nitrogens is 1. The highest BCUT2D eigenvalue weighted by molar-refractivity contribution is 7.80. The molecule has 0 bridgehead atoms. The normalized spacial score (nSPS) is 11.2. The first-order valence-electron chi connectivity index (χ1n) is 9.61. The molecule has 154 valence electrons. The molecule has 28 heavy (non-hydrogen) atoms. The highest BCUT2D eigenvalue weighted by atomic mass is 32.1. The van der Waals surface area contributed by atoms with E-state index in [0.29, 0.717) is 18.3 Å². The molecule has 7 heteroatoms. The molecule has 1 heterocycles. The number of aromatic nitrogens is 1. The SMILES string of the molecule is COCCCNC(=S)N(CCN(C)C)Cc1cc2c(C)cc(C)cc2[nH]c1=O. The van der Waals surface area contributed by atoms with Crippen LogP contribution < -0.4 is 10.9 Å². The van der Waals surface area contributed by atoms with Crippen molar-refractivity contribution in [3.63, 3.8) is 0 Å². The molecule has 0 spiro atoms. The van der Waals surface area contributed by atoms with Crippen molar-refractivity contribution in [2.45, 2.75) is 26.8 Å². The van der Waals surface area contributed by atoms with Crippen LogP contribution in [0.4, 0.5) is 0 Å². The predicted octanol–water partition coefficient (Wildman–Crippen LogP) is 2.42. The summed E-state index contributed by atoms with van der Waals surface area (Å²) in [5.41, 5.74) is 3.84. The van der Waals surface area contributed by atoms with Crippen molar-refractivity contribution in [1.29, 1.82) is 0 Å². The standard InChI is InChI=1S/C21H32N4O2S/c1-15-11-16(2)18-13-17(20(26)23-19(18)12-15)14-25(9-8-24(3)4)21(28)22-7-6-10-27-5/h11-13H,6-10,14H2,1-5H3,(H,22,28)(H,23,26). The number of aromatic amines is 1. The summed E-state index contributed by atoms with van der Waals surface area (Å²) in [5.74, 6) is 0. The second-order valence-electron chi connectivity index (χ2n) is 7.47. The molecule has 0 saturated heterocycles. The number of fused-ring (bicyclic) bond motifs is 1. The van der Waals surface area contributed by atoms with Crippen molar-refractivity contribution in [3.05, 3.63) is 45.2 Å². The minimum Gasteiger partial charge on any atom is -0.385 e. The van der Waals surface area contributed by atoms with Crippen molar-refractivity contribution in [1.82, 2.24) is 20.1 Å². The van der Waals surface area contributed by atoms with Crippen molar-refractivity contribution < 1.29 is 4.74 Å². The molecule has 0 aliphatic carbocycles. The number of nitrogens with one attached hydrogen (secondary N) is 2. The monoisotopic (exact) mass is 404 g/mol. The summed E-state index contributed by atoms with van der Waals surface area (Å²) in [6.45, 7) is 7.62. The molecule has 6 nitrogen and oxygen atoms in total. The Morgan fingerprint density at radius 3 is 2.64 bits per heavy atom. The fourth-order valence-corrected chi connectivity index (χ4v) is 3.39. The van der Waals surface area contributed by atoms with E-state index in [1.807, 2.05) is 33.2 Å². The van der Waals surface area contributed by atoms with Crippen LogP contribution in [0.15, 0.2) is 23.0 Å². The molecule has 1 aromatic heterocycles. The van der Waals surface area contributed by atoms with Crippen LogP contribution in [0.3, 0.4) is 0 Å². The first-order valence-corrected chi connectivity index (χ1v) is 10.0. The number of nitrogens with zero attached hydrogens (tertiary/aromatic N) is 2. The summed E-state index contributed by atoms with van der Waals surface area (Å²) in [6, 6.07) is 6.15. The molecule has 2 rings (SSSR count). The average molecular weight is 405 g/mol. The van der Waals surface area contributed by atoms with Gasteiger partial charge in [-0.25, -0.2) is 0 Å². The predicted molar refractivity (Wildman–Crippen MR) is 120 cm³/mol. The number of rotatable bonds is 9. The number of likely N-dealkylation sites (N-methyl/N-ethyl adjacent to an activating group) is 1. The maximum Gasteiger partial charge on any atom is 0.253 e. The van der Waals surface area contributed by atoms with Gasteiger partial charge in [0.05, 0.1) is 6.54 Å². The number of pyridine rings is 1. The van der Waals surface area contributed by atoms with Gasteiger partial charge < -0.3 is 24.8 Å². The van der Waals surface area contributed by atoms with Crippen molar-refractivity contribution in [2.24, 2.45) is 0 Å². The lowest BCUT2D eigenvalue weighted by atomic mass is 10.0. The number of ether oxygens (including phenoxy) is 1. The summed E-state index contributed by atoms with van der Waals surface area (Å²) in [4.78, 5) is 19.9. The average Bonchev–Trinajstić information content (AvgIpc) is 2.62. The maximum absolute atomic E-state index is 12.7. The van der Waals surface area contributed by atoms with Gasteiger partial charge in [0, 0.05) is 49.8 Å². The van der Waals surface area contributed by atoms with E-state index in [0.717, 1.165) is 53.6 Å². The third-order valence-electron chi connectivity index (χ3n) is 4.66. The minimum absolute atomic E-state index is 0.0606. The van der Waals surface area contributed by atoms with Gasteiger partial charge in [-0.3, -0.25) is 4.79 Å². The number of hydrogen-bond acceptors (Lipinski definition) is 4. The van der Waals surface area contributed by atoms with E-state index in [9.17, 15) is 4.79 Å². The number of thiocarbonyl (C=S) groups is 1. The lowest BCUT2D eigenvalue weighted by Crippen LogP contribution is -2.43. The number of hydrogen-bond donors (Lipinski definition) is 2. The molecule has 2 aromatic rings. The van der Waals surface area contributed by atoms with Gasteiger partial charge in [-0.1, -0.05) is 6.07 Å². The number of benzene rings is 1. The molecule has 0 aliphatic rings. The quantitative estimate of drug-likeness (QED) is 0.494. The molecule has 1 aromatic carbocycles. The molecular weight excluding hydrogens is 372 g/mol. The van der Waals surface area contributed by atoms with Crippen LogP contribution in [0.1, 0.15) is 23.1 Å². The van der Waals surface area contributed by atoms with Crippen molar-refractivity contribution in [3.8, 4) is 0 Å². The lowest BCUT2D eigenvalue weighted by molar-refractivity contribution is 0.195. The second kappa shape index (κ2) is 10.5. The summed E-state index contributed by atoms with van der Waals surface area (Å²) in [6.07, 6.45) is 0.882. The molecule has 0 saturated carbocycles. The molecular formula is C21H32N4O2S. The molecule has 0 unspecified atom stereocenters. The summed E-state index contributed by atoms with van der Waals surface area (Å²) in [7, 11) is 5.75. The zero-order valence-electron chi connectivity index (χ0n) is 17.6. The Labute approximate surface area is 172 Å². The topological polar surface area (TPSA) is 60.6 Å². The van der Waals surface area contributed by atoms with Crippen molar-refractivity contribution >= 4 is 28.2 Å². The van der Waals surface area contributed by atoms with Crippen LogP contribution in [0, 0.1) is 13.8 Å². The molecule has 0 amide bonds. The van der Waals surface area contributed by atoms with Gasteiger partial charge >= 0.3 is 0 Å². The lowest BCUT2D eigenvalue weighted by Gasteiger charge is -2.27. The fraction of sp³-hybridized carbons (Fsp3) is 0.524. The Balaban J connectivity index is 2.23. The van der Waals surface area contributed by atoms with E-state index < -0.39 is 0 Å². The largest absolute Gasteiger partial charge is 0.385 e. The van der Waals surface area contributed by atoms with Gasteiger partial charge in [0.2, 0.25) is 0 Å². The Kier molecular flexibility index (Phi) is 8.41. The Hall–Kier alpha value is -1.96. The zero-order valence-corrected chi connectivity index (χ0v) is 18.4. The zero-order chi connectivity index (χ0) is 20.7. The van der Waals surface area contributed by atoms with Crippen LogP contribution in [0.2, 0.25) is 0 Å². The van der Waals surface area contributed by atoms with Crippen LogP contribution in [-0.4, -0.2) is 67.3 Å². The van der Waals surface area contributed by atoms with Gasteiger partial charge in [0.1, 0.15) is 0 Å². The van der Waals surface area contributed by atoms with Crippen LogP contribution in [0.25, 0.3) is 10.9 Å². The third kappa shape index (κ3) is 6.29. The molecule has 0 fully saturated rings. The molecule has 0 radical (unpaired) electrons. The van der Waals surface area contributed by atoms with Crippen LogP contribution >= 0.6 is 12.2 Å². The molecule has 2 N–H and O–H groups in total. The van der Waals surface area contributed by atoms with E-state index >= 15 is 0 Å². The van der Waals surface area contributed by atoms with Crippen molar-refractivity contribution in [2.75, 3.05) is 47.4 Å². The van der Waals surface area contributed by atoms with E-state index in [4.69, 9.17) is 17.0 Å². The molecule has 0 atom stereocenters. The first kappa shape index (κ1) is 22.3. The Morgan fingerprint density at radius 2 is 1.96 bits per heavy atom. The van der Waals surface area contributed by atoms with Gasteiger partial charge in [0.15, 0.2) is 5.11 Å². The van der Waals surface area contributed by atoms with Gasteiger partial charge in [-0.05, 0) is 69.8 Å². The van der Waals surface area contributed by atoms with Crippen LogP contribution in [0.5, 0.6) is 0 Å². The summed E-state index contributed by atoms with van der Waals surface area (Å²) in [5, 5.41) is 5.02. The maximum atomic E-state index is 12.7. The highest BCUT2D eigenvalue weighted by Crippen LogP contribution is 2.19. The number of aryl methyl sites for hydroxylation is 2. The van der Waals surface area contributed by atoms with E-state index in [-0.39, 0.29) is 5.56 Å². The highest BCUT2D eigenvalue weighted by Gasteiger charge is 2.14. The minimum atomic E-state index is -0.0606. The number of methoxy groups -OCH3 is 1. The molecule has 0 aliphatic heterocycles. The van der Waals surface area contributed by atoms with Gasteiger partial charge in [0.25, 0.3) is 5.56 Å². The van der Waals surface area contributed by atoms with E-state index in [2.05, 4.69) is 33.1 Å².